The van der Waals surface area contributed by atoms with Crippen molar-refractivity contribution >= 4 is 0 Å². The number of nitrogens with zero attached hydrogens (tertiary/aromatic N) is 1. The summed E-state index contributed by atoms with van der Waals surface area (Å²) in [7, 11) is 1.85. The highest BCUT2D eigenvalue weighted by Crippen LogP contribution is 2.32. The lowest BCUT2D eigenvalue weighted by molar-refractivity contribution is -0.0597. The van der Waals surface area contributed by atoms with E-state index in [2.05, 4.69) is 24.1 Å². The number of rotatable bonds is 7. The Morgan fingerprint density at radius 3 is 2.85 bits per heavy atom. The molecule has 0 radical (unpaired) electrons. The Hall–Kier alpha value is -0.160. The molecule has 2 atom stereocenters. The number of hydrogen-bond acceptors (Lipinski definition) is 4. The number of methoxy groups -OCH3 is 1. The van der Waals surface area contributed by atoms with Gasteiger partial charge in [-0.2, -0.15) is 0 Å². The summed E-state index contributed by atoms with van der Waals surface area (Å²) in [6.07, 6.45) is 4.80. The first-order valence-corrected chi connectivity index (χ1v) is 8.17. The summed E-state index contributed by atoms with van der Waals surface area (Å²) in [6.45, 7) is 11.9. The first-order chi connectivity index (χ1) is 9.61. The molecular formula is C16H32N2O2. The Morgan fingerprint density at radius 1 is 1.35 bits per heavy atom. The van der Waals surface area contributed by atoms with E-state index in [1.165, 1.54) is 32.2 Å². The molecule has 2 rings (SSSR count). The predicted molar refractivity (Wildman–Crippen MR) is 82.1 cm³/mol. The molecule has 0 saturated carbocycles. The van der Waals surface area contributed by atoms with Crippen LogP contribution in [0.3, 0.4) is 0 Å². The van der Waals surface area contributed by atoms with Gasteiger partial charge in [0.05, 0.1) is 12.2 Å². The fourth-order valence-electron chi connectivity index (χ4n) is 3.58. The first-order valence-electron chi connectivity index (χ1n) is 8.17. The largest absolute Gasteiger partial charge is 0.381 e. The molecule has 2 fully saturated rings. The summed E-state index contributed by atoms with van der Waals surface area (Å²) < 4.78 is 11.4. The quantitative estimate of drug-likeness (QED) is 0.724. The molecule has 0 bridgehead atoms. The molecule has 4 heteroatoms. The van der Waals surface area contributed by atoms with Gasteiger partial charge in [0.1, 0.15) is 0 Å². The number of hydrogen-bond donors (Lipinski definition) is 1. The minimum absolute atomic E-state index is 0.0374. The van der Waals surface area contributed by atoms with Crippen molar-refractivity contribution in [2.45, 2.75) is 45.1 Å². The minimum atomic E-state index is 0.0374. The lowest BCUT2D eigenvalue weighted by Gasteiger charge is -2.43. The van der Waals surface area contributed by atoms with Gasteiger partial charge in [0.15, 0.2) is 0 Å². The smallest absolute Gasteiger partial charge is 0.0777 e. The van der Waals surface area contributed by atoms with Gasteiger partial charge in [0.2, 0.25) is 0 Å². The number of piperidine rings is 1. The van der Waals surface area contributed by atoms with Gasteiger partial charge in [-0.25, -0.2) is 0 Å². The zero-order chi connectivity index (χ0) is 14.5. The van der Waals surface area contributed by atoms with Crippen LogP contribution in [0, 0.1) is 5.41 Å². The summed E-state index contributed by atoms with van der Waals surface area (Å²) in [5.74, 6) is 0. The molecule has 2 saturated heterocycles. The van der Waals surface area contributed by atoms with Crippen LogP contribution in [-0.2, 0) is 9.47 Å². The average molecular weight is 284 g/mol. The van der Waals surface area contributed by atoms with Crippen molar-refractivity contribution in [2.75, 3.05) is 53.0 Å². The third-order valence-corrected chi connectivity index (χ3v) is 4.90. The molecule has 4 nitrogen and oxygen atoms in total. The van der Waals surface area contributed by atoms with E-state index in [-0.39, 0.29) is 5.60 Å². The van der Waals surface area contributed by atoms with Gasteiger partial charge in [-0.15, -0.1) is 0 Å². The molecule has 0 aromatic rings. The normalized spacial score (nSPS) is 35.5. The number of likely N-dealkylation sites (tertiary alicyclic amines) is 1. The molecule has 1 N–H and O–H groups in total. The molecule has 0 amide bonds. The van der Waals surface area contributed by atoms with Crippen molar-refractivity contribution in [3.63, 3.8) is 0 Å². The Balaban J connectivity index is 1.90. The third kappa shape index (κ3) is 4.17. The van der Waals surface area contributed by atoms with Gasteiger partial charge in [-0.3, -0.25) is 4.90 Å². The van der Waals surface area contributed by atoms with E-state index in [0.717, 1.165) is 39.4 Å². The van der Waals surface area contributed by atoms with Crippen molar-refractivity contribution < 1.29 is 9.47 Å². The van der Waals surface area contributed by atoms with Crippen LogP contribution in [0.15, 0.2) is 0 Å². The highest BCUT2D eigenvalue weighted by Gasteiger charge is 2.39. The van der Waals surface area contributed by atoms with Crippen molar-refractivity contribution in [3.8, 4) is 0 Å². The van der Waals surface area contributed by atoms with Crippen molar-refractivity contribution in [3.05, 3.63) is 0 Å². The summed E-state index contributed by atoms with van der Waals surface area (Å²) in [6, 6.07) is 0. The minimum Gasteiger partial charge on any atom is -0.381 e. The number of ether oxygens (including phenoxy) is 2. The van der Waals surface area contributed by atoms with Crippen LogP contribution in [-0.4, -0.2) is 63.5 Å². The average Bonchev–Trinajstić information content (AvgIpc) is 2.88. The lowest BCUT2D eigenvalue weighted by Crippen LogP contribution is -2.52. The van der Waals surface area contributed by atoms with Gasteiger partial charge in [0, 0.05) is 38.8 Å². The lowest BCUT2D eigenvalue weighted by atomic mass is 9.84. The van der Waals surface area contributed by atoms with E-state index in [1.807, 2.05) is 7.11 Å². The van der Waals surface area contributed by atoms with Gasteiger partial charge in [-0.05, 0) is 45.7 Å². The molecule has 20 heavy (non-hydrogen) atoms. The molecule has 0 aromatic carbocycles. The van der Waals surface area contributed by atoms with E-state index in [4.69, 9.17) is 9.47 Å². The van der Waals surface area contributed by atoms with E-state index >= 15 is 0 Å². The SMILES string of the molecule is CCCNCC1(CN2CCCC(C)(OC)C2)CCOC1. The second-order valence-corrected chi connectivity index (χ2v) is 6.95. The molecule has 2 unspecified atom stereocenters. The standard InChI is InChI=1S/C16H32N2O2/c1-4-8-17-11-16(7-10-20-14-16)13-18-9-5-6-15(2,12-18)19-3/h17H,4-14H2,1-3H3. The molecule has 0 aliphatic carbocycles. The summed E-state index contributed by atoms with van der Waals surface area (Å²) >= 11 is 0. The Bertz CT molecular complexity index is 292. The maximum atomic E-state index is 5.72. The van der Waals surface area contributed by atoms with Gasteiger partial charge in [-0.1, -0.05) is 6.92 Å². The molecule has 2 aliphatic heterocycles. The Kier molecular flexibility index (Phi) is 5.84. The van der Waals surface area contributed by atoms with Crippen LogP contribution in [0.25, 0.3) is 0 Å². The maximum Gasteiger partial charge on any atom is 0.0777 e. The summed E-state index contributed by atoms with van der Waals surface area (Å²) in [5, 5.41) is 3.60. The van der Waals surface area contributed by atoms with E-state index in [0.29, 0.717) is 5.41 Å². The maximum absolute atomic E-state index is 5.72. The van der Waals surface area contributed by atoms with Crippen molar-refractivity contribution in [1.29, 1.82) is 0 Å². The van der Waals surface area contributed by atoms with Crippen LogP contribution in [0.5, 0.6) is 0 Å². The fraction of sp³-hybridized carbons (Fsp3) is 1.00. The highest BCUT2D eigenvalue weighted by atomic mass is 16.5. The molecular weight excluding hydrogens is 252 g/mol. The van der Waals surface area contributed by atoms with Crippen molar-refractivity contribution in [2.24, 2.45) is 5.41 Å². The van der Waals surface area contributed by atoms with Gasteiger partial charge >= 0.3 is 0 Å². The summed E-state index contributed by atoms with van der Waals surface area (Å²) in [5.41, 5.74) is 0.344. The van der Waals surface area contributed by atoms with Crippen LogP contribution in [0.4, 0.5) is 0 Å². The van der Waals surface area contributed by atoms with Crippen molar-refractivity contribution in [1.82, 2.24) is 10.2 Å². The van der Waals surface area contributed by atoms with Crippen LogP contribution < -0.4 is 5.32 Å². The zero-order valence-electron chi connectivity index (χ0n) is 13.5. The van der Waals surface area contributed by atoms with Gasteiger partial charge < -0.3 is 14.8 Å². The zero-order valence-corrected chi connectivity index (χ0v) is 13.5. The van der Waals surface area contributed by atoms with E-state index in [9.17, 15) is 0 Å². The molecule has 2 aliphatic rings. The molecule has 0 spiro atoms. The predicted octanol–water partition coefficient (Wildman–Crippen LogP) is 1.89. The van der Waals surface area contributed by atoms with E-state index < -0.39 is 0 Å². The Morgan fingerprint density at radius 2 is 2.20 bits per heavy atom. The molecule has 118 valence electrons. The van der Waals surface area contributed by atoms with E-state index in [1.54, 1.807) is 0 Å². The second kappa shape index (κ2) is 7.21. The van der Waals surface area contributed by atoms with Crippen LogP contribution >= 0.6 is 0 Å². The Labute approximate surface area is 124 Å². The molecule has 2 heterocycles. The number of nitrogens with one attached hydrogen (secondary N) is 1. The first kappa shape index (κ1) is 16.2. The van der Waals surface area contributed by atoms with Crippen LogP contribution in [0.1, 0.15) is 39.5 Å². The summed E-state index contributed by atoms with van der Waals surface area (Å²) in [4.78, 5) is 2.59. The fourth-order valence-corrected chi connectivity index (χ4v) is 3.58. The third-order valence-electron chi connectivity index (χ3n) is 4.90. The highest BCUT2D eigenvalue weighted by molar-refractivity contribution is 4.92. The second-order valence-electron chi connectivity index (χ2n) is 6.95. The van der Waals surface area contributed by atoms with Crippen LogP contribution in [0.2, 0.25) is 0 Å². The van der Waals surface area contributed by atoms with Gasteiger partial charge in [0.25, 0.3) is 0 Å². The topological polar surface area (TPSA) is 33.7 Å². The molecule has 0 aromatic heterocycles. The monoisotopic (exact) mass is 284 g/mol.